The minimum absolute atomic E-state index is 0.0445. The van der Waals surface area contributed by atoms with E-state index in [1.54, 1.807) is 11.3 Å². The molecule has 1 saturated carbocycles. The summed E-state index contributed by atoms with van der Waals surface area (Å²) in [6, 6.07) is 4.72. The van der Waals surface area contributed by atoms with Crippen molar-refractivity contribution >= 4 is 29.0 Å². The Morgan fingerprint density at radius 2 is 2.18 bits per heavy atom. The Balaban J connectivity index is 1.81. The second-order valence-electron chi connectivity index (χ2n) is 5.81. The molecule has 5 nitrogen and oxygen atoms in total. The van der Waals surface area contributed by atoms with Gasteiger partial charge in [-0.1, -0.05) is 17.8 Å². The number of amides is 1. The van der Waals surface area contributed by atoms with E-state index in [1.165, 1.54) is 11.8 Å². The van der Waals surface area contributed by atoms with Gasteiger partial charge in [-0.25, -0.2) is 0 Å². The number of aromatic nitrogens is 3. The standard InChI is InChI=1S/C15H20N4OS2/c1-9(2)16-14(20)10(3)22-15-18-17-13(12-5-4-8-21-12)19(15)11-6-7-11/h4-5,8-11H,6-7H2,1-3H3,(H,16,20)/t10-/m0/s1. The number of carbonyl (C=O) groups excluding carboxylic acids is 1. The summed E-state index contributed by atoms with van der Waals surface area (Å²) in [5.41, 5.74) is 0. The van der Waals surface area contributed by atoms with Crippen LogP contribution in [0, 0.1) is 0 Å². The average Bonchev–Trinajstić information content (AvgIpc) is 3.00. The number of nitrogens with zero attached hydrogens (tertiary/aromatic N) is 3. The zero-order valence-corrected chi connectivity index (χ0v) is 14.6. The summed E-state index contributed by atoms with van der Waals surface area (Å²) >= 11 is 3.16. The summed E-state index contributed by atoms with van der Waals surface area (Å²) < 4.78 is 2.20. The van der Waals surface area contributed by atoms with E-state index in [0.717, 1.165) is 28.7 Å². The Bertz CT molecular complexity index is 647. The van der Waals surface area contributed by atoms with Gasteiger partial charge >= 0.3 is 0 Å². The van der Waals surface area contributed by atoms with Crippen LogP contribution in [0.4, 0.5) is 0 Å². The van der Waals surface area contributed by atoms with Crippen LogP contribution in [0.3, 0.4) is 0 Å². The predicted molar refractivity (Wildman–Crippen MR) is 90.2 cm³/mol. The van der Waals surface area contributed by atoms with E-state index >= 15 is 0 Å². The molecular weight excluding hydrogens is 316 g/mol. The second kappa shape index (κ2) is 6.42. The van der Waals surface area contributed by atoms with E-state index in [4.69, 9.17) is 0 Å². The molecule has 2 aromatic rings. The van der Waals surface area contributed by atoms with Crippen LogP contribution in [-0.2, 0) is 4.79 Å². The first-order valence-corrected chi connectivity index (χ1v) is 9.28. The van der Waals surface area contributed by atoms with Crippen molar-refractivity contribution in [2.45, 2.75) is 56.1 Å². The Morgan fingerprint density at radius 1 is 1.41 bits per heavy atom. The van der Waals surface area contributed by atoms with Gasteiger partial charge in [0.15, 0.2) is 11.0 Å². The molecule has 0 saturated heterocycles. The molecule has 0 aromatic carbocycles. The molecule has 0 bridgehead atoms. The monoisotopic (exact) mass is 336 g/mol. The summed E-state index contributed by atoms with van der Waals surface area (Å²) in [5.74, 6) is 0.972. The Hall–Kier alpha value is -1.34. The molecule has 1 atom stereocenters. The molecule has 7 heteroatoms. The van der Waals surface area contributed by atoms with Crippen LogP contribution in [0.25, 0.3) is 10.7 Å². The first kappa shape index (κ1) is 15.6. The summed E-state index contributed by atoms with van der Waals surface area (Å²) in [7, 11) is 0. The van der Waals surface area contributed by atoms with Gasteiger partial charge in [0.25, 0.3) is 0 Å². The van der Waals surface area contributed by atoms with Crippen LogP contribution in [0.5, 0.6) is 0 Å². The highest BCUT2D eigenvalue weighted by molar-refractivity contribution is 8.00. The van der Waals surface area contributed by atoms with Crippen molar-refractivity contribution in [3.8, 4) is 10.7 Å². The van der Waals surface area contributed by atoms with Crippen molar-refractivity contribution in [2.75, 3.05) is 0 Å². The molecular formula is C15H20N4OS2. The normalized spacial score (nSPS) is 16.0. The van der Waals surface area contributed by atoms with Crippen LogP contribution in [0.15, 0.2) is 22.7 Å². The van der Waals surface area contributed by atoms with E-state index in [2.05, 4.69) is 26.1 Å². The molecule has 0 aliphatic heterocycles. The van der Waals surface area contributed by atoms with Gasteiger partial charge in [-0.15, -0.1) is 21.5 Å². The molecule has 1 fully saturated rings. The predicted octanol–water partition coefficient (Wildman–Crippen LogP) is 3.35. The van der Waals surface area contributed by atoms with Crippen LogP contribution in [0.2, 0.25) is 0 Å². The molecule has 1 N–H and O–H groups in total. The number of hydrogen-bond donors (Lipinski definition) is 1. The van der Waals surface area contributed by atoms with Gasteiger partial charge in [-0.2, -0.15) is 0 Å². The number of carbonyl (C=O) groups is 1. The fourth-order valence-corrected chi connectivity index (χ4v) is 3.84. The lowest BCUT2D eigenvalue weighted by Crippen LogP contribution is -2.36. The highest BCUT2D eigenvalue weighted by Crippen LogP contribution is 2.42. The number of hydrogen-bond acceptors (Lipinski definition) is 5. The summed E-state index contributed by atoms with van der Waals surface area (Å²) in [6.07, 6.45) is 2.33. The van der Waals surface area contributed by atoms with Crippen LogP contribution >= 0.6 is 23.1 Å². The highest BCUT2D eigenvalue weighted by Gasteiger charge is 2.31. The van der Waals surface area contributed by atoms with Crippen molar-refractivity contribution in [2.24, 2.45) is 0 Å². The van der Waals surface area contributed by atoms with Gasteiger partial charge in [0, 0.05) is 12.1 Å². The van der Waals surface area contributed by atoms with Crippen molar-refractivity contribution in [1.29, 1.82) is 0 Å². The molecule has 1 amide bonds. The Kier molecular flexibility index (Phi) is 4.54. The maximum atomic E-state index is 12.1. The maximum Gasteiger partial charge on any atom is 0.233 e. The molecule has 2 aromatic heterocycles. The quantitative estimate of drug-likeness (QED) is 0.822. The van der Waals surface area contributed by atoms with Crippen molar-refractivity contribution in [3.63, 3.8) is 0 Å². The van der Waals surface area contributed by atoms with Gasteiger partial charge < -0.3 is 5.32 Å². The summed E-state index contributed by atoms with van der Waals surface area (Å²) in [5, 5.41) is 14.4. The Morgan fingerprint density at radius 3 is 2.77 bits per heavy atom. The zero-order chi connectivity index (χ0) is 15.7. The molecule has 0 unspecified atom stereocenters. The number of nitrogens with one attached hydrogen (secondary N) is 1. The third kappa shape index (κ3) is 3.35. The zero-order valence-electron chi connectivity index (χ0n) is 12.9. The third-order valence-corrected chi connectivity index (χ3v) is 5.32. The number of thioether (sulfide) groups is 1. The number of thiophene rings is 1. The summed E-state index contributed by atoms with van der Waals surface area (Å²) in [6.45, 7) is 5.85. The smallest absolute Gasteiger partial charge is 0.233 e. The molecule has 1 aliphatic rings. The lowest BCUT2D eigenvalue weighted by Gasteiger charge is -2.14. The van der Waals surface area contributed by atoms with Crippen LogP contribution in [0.1, 0.15) is 39.7 Å². The maximum absolute atomic E-state index is 12.1. The first-order valence-electron chi connectivity index (χ1n) is 7.52. The minimum Gasteiger partial charge on any atom is -0.353 e. The van der Waals surface area contributed by atoms with Gasteiger partial charge in [0.2, 0.25) is 5.91 Å². The van der Waals surface area contributed by atoms with Gasteiger partial charge in [0.1, 0.15) is 0 Å². The molecule has 2 heterocycles. The van der Waals surface area contributed by atoms with Crippen molar-refractivity contribution < 1.29 is 4.79 Å². The second-order valence-corrected chi connectivity index (χ2v) is 8.06. The number of rotatable bonds is 6. The van der Waals surface area contributed by atoms with E-state index in [9.17, 15) is 4.79 Å². The van der Waals surface area contributed by atoms with Gasteiger partial charge in [0.05, 0.1) is 10.1 Å². The SMILES string of the molecule is CC(C)NC(=O)[C@H](C)Sc1nnc(-c2cccs2)n1C1CC1. The average molecular weight is 336 g/mol. The fourth-order valence-electron chi connectivity index (χ4n) is 2.21. The van der Waals surface area contributed by atoms with Crippen molar-refractivity contribution in [3.05, 3.63) is 17.5 Å². The van der Waals surface area contributed by atoms with Crippen molar-refractivity contribution in [1.82, 2.24) is 20.1 Å². The van der Waals surface area contributed by atoms with Crippen LogP contribution < -0.4 is 5.32 Å². The molecule has 118 valence electrons. The molecule has 1 aliphatic carbocycles. The summed E-state index contributed by atoms with van der Waals surface area (Å²) in [4.78, 5) is 13.2. The largest absolute Gasteiger partial charge is 0.353 e. The highest BCUT2D eigenvalue weighted by atomic mass is 32.2. The minimum atomic E-state index is -0.180. The van der Waals surface area contributed by atoms with E-state index in [-0.39, 0.29) is 17.2 Å². The van der Waals surface area contributed by atoms with E-state index in [1.807, 2.05) is 32.2 Å². The van der Waals surface area contributed by atoms with Gasteiger partial charge in [-0.05, 0) is 45.1 Å². The fraction of sp³-hybridized carbons (Fsp3) is 0.533. The molecule has 0 radical (unpaired) electrons. The third-order valence-electron chi connectivity index (χ3n) is 3.40. The lowest BCUT2D eigenvalue weighted by molar-refractivity contribution is -0.120. The molecule has 22 heavy (non-hydrogen) atoms. The molecule has 3 rings (SSSR count). The topological polar surface area (TPSA) is 59.8 Å². The van der Waals surface area contributed by atoms with E-state index in [0.29, 0.717) is 6.04 Å². The Labute approximate surface area is 138 Å². The van der Waals surface area contributed by atoms with Crippen LogP contribution in [-0.4, -0.2) is 32.0 Å². The van der Waals surface area contributed by atoms with Gasteiger partial charge in [-0.3, -0.25) is 9.36 Å². The lowest BCUT2D eigenvalue weighted by atomic mass is 10.3. The van der Waals surface area contributed by atoms with E-state index < -0.39 is 0 Å². The molecule has 0 spiro atoms. The first-order chi connectivity index (χ1) is 10.6.